The van der Waals surface area contributed by atoms with Crippen LogP contribution in [-0.2, 0) is 6.42 Å². The van der Waals surface area contributed by atoms with E-state index in [4.69, 9.17) is 0 Å². The first-order chi connectivity index (χ1) is 10.4. The van der Waals surface area contributed by atoms with E-state index in [1.54, 1.807) is 0 Å². The summed E-state index contributed by atoms with van der Waals surface area (Å²) in [5.74, 6) is 2.57. The van der Waals surface area contributed by atoms with Gasteiger partial charge in [0.15, 0.2) is 0 Å². The Labute approximate surface area is 132 Å². The van der Waals surface area contributed by atoms with Crippen molar-refractivity contribution in [1.29, 1.82) is 0 Å². The summed E-state index contributed by atoms with van der Waals surface area (Å²) < 4.78 is 0. The van der Waals surface area contributed by atoms with Crippen molar-refractivity contribution in [2.45, 2.75) is 31.3 Å². The Morgan fingerprint density at radius 2 is 1.71 bits per heavy atom. The zero-order valence-corrected chi connectivity index (χ0v) is 13.2. The molecule has 0 aliphatic carbocycles. The average molecular weight is 297 g/mol. The van der Waals surface area contributed by atoms with E-state index in [-0.39, 0.29) is 0 Å². The molecule has 0 amide bonds. The van der Waals surface area contributed by atoms with Crippen LogP contribution >= 0.6 is 11.8 Å². The van der Waals surface area contributed by atoms with Crippen LogP contribution in [0.25, 0.3) is 0 Å². The van der Waals surface area contributed by atoms with Crippen molar-refractivity contribution in [2.75, 3.05) is 11.5 Å². The number of hydrogen-bond acceptors (Lipinski definition) is 2. The second-order valence-electron chi connectivity index (χ2n) is 5.73. The van der Waals surface area contributed by atoms with Crippen molar-refractivity contribution in [2.24, 2.45) is 0 Å². The summed E-state index contributed by atoms with van der Waals surface area (Å²) in [5, 5.41) is 3.90. The first-order valence-corrected chi connectivity index (χ1v) is 9.00. The van der Waals surface area contributed by atoms with E-state index in [1.165, 1.54) is 35.5 Å². The lowest BCUT2D eigenvalue weighted by Crippen LogP contribution is -2.37. The molecule has 2 unspecified atom stereocenters. The highest BCUT2D eigenvalue weighted by Crippen LogP contribution is 2.23. The number of rotatable bonds is 5. The summed E-state index contributed by atoms with van der Waals surface area (Å²) >= 11 is 2.08. The molecule has 1 aliphatic rings. The fraction of sp³-hybridized carbons (Fsp3) is 0.368. The van der Waals surface area contributed by atoms with E-state index >= 15 is 0 Å². The van der Waals surface area contributed by atoms with Gasteiger partial charge in [-0.2, -0.15) is 11.8 Å². The molecular weight excluding hydrogens is 274 g/mol. The highest BCUT2D eigenvalue weighted by atomic mass is 32.2. The van der Waals surface area contributed by atoms with Gasteiger partial charge >= 0.3 is 0 Å². The minimum Gasteiger partial charge on any atom is -0.306 e. The summed E-state index contributed by atoms with van der Waals surface area (Å²) in [6.45, 7) is 0. The molecule has 0 bridgehead atoms. The lowest BCUT2D eigenvalue weighted by atomic mass is 9.97. The summed E-state index contributed by atoms with van der Waals surface area (Å²) in [6.07, 6.45) is 3.71. The van der Waals surface area contributed by atoms with Gasteiger partial charge in [0.1, 0.15) is 0 Å². The Kier molecular flexibility index (Phi) is 5.36. The summed E-state index contributed by atoms with van der Waals surface area (Å²) in [5.41, 5.74) is 2.80. The van der Waals surface area contributed by atoms with Crippen molar-refractivity contribution in [3.05, 3.63) is 71.8 Å². The SMILES string of the molecule is c1ccc(CC(NC2CCCSC2)c2ccccc2)cc1. The van der Waals surface area contributed by atoms with Crippen LogP contribution in [0.5, 0.6) is 0 Å². The van der Waals surface area contributed by atoms with Gasteiger partial charge < -0.3 is 5.32 Å². The van der Waals surface area contributed by atoms with Crippen molar-refractivity contribution in [3.8, 4) is 0 Å². The number of nitrogens with one attached hydrogen (secondary N) is 1. The maximum atomic E-state index is 3.90. The standard InChI is InChI=1S/C19H23NS/c1-3-8-16(9-4-1)14-19(17-10-5-2-6-11-17)20-18-12-7-13-21-15-18/h1-6,8-11,18-20H,7,12-15H2. The molecule has 1 aliphatic heterocycles. The third kappa shape index (κ3) is 4.36. The van der Waals surface area contributed by atoms with Crippen LogP contribution < -0.4 is 5.32 Å². The Morgan fingerprint density at radius 1 is 1.00 bits per heavy atom. The molecule has 2 heteroatoms. The topological polar surface area (TPSA) is 12.0 Å². The largest absolute Gasteiger partial charge is 0.306 e. The van der Waals surface area contributed by atoms with Gasteiger partial charge in [-0.1, -0.05) is 60.7 Å². The van der Waals surface area contributed by atoms with E-state index in [2.05, 4.69) is 77.7 Å². The molecule has 110 valence electrons. The van der Waals surface area contributed by atoms with E-state index < -0.39 is 0 Å². The first kappa shape index (κ1) is 14.7. The van der Waals surface area contributed by atoms with Crippen molar-refractivity contribution in [1.82, 2.24) is 5.32 Å². The normalized spacial score (nSPS) is 20.1. The molecule has 2 atom stereocenters. The molecule has 1 heterocycles. The maximum absolute atomic E-state index is 3.90. The van der Waals surface area contributed by atoms with Crippen LogP contribution in [0.15, 0.2) is 60.7 Å². The minimum atomic E-state index is 0.414. The molecule has 0 saturated carbocycles. The lowest BCUT2D eigenvalue weighted by Gasteiger charge is -2.29. The van der Waals surface area contributed by atoms with Crippen LogP contribution in [0.3, 0.4) is 0 Å². The Hall–Kier alpha value is -1.25. The van der Waals surface area contributed by atoms with Gasteiger partial charge in [0, 0.05) is 17.8 Å². The van der Waals surface area contributed by atoms with Gasteiger partial charge in [-0.3, -0.25) is 0 Å². The molecule has 1 nitrogen and oxygen atoms in total. The predicted molar refractivity (Wildman–Crippen MR) is 92.8 cm³/mol. The summed E-state index contributed by atoms with van der Waals surface area (Å²) in [7, 11) is 0. The Bertz CT molecular complexity index is 520. The number of hydrogen-bond donors (Lipinski definition) is 1. The maximum Gasteiger partial charge on any atom is 0.0363 e. The highest BCUT2D eigenvalue weighted by molar-refractivity contribution is 7.99. The fourth-order valence-electron chi connectivity index (χ4n) is 2.96. The number of benzene rings is 2. The van der Waals surface area contributed by atoms with Crippen LogP contribution in [-0.4, -0.2) is 17.5 Å². The molecular formula is C19H23NS. The molecule has 2 aromatic rings. The molecule has 21 heavy (non-hydrogen) atoms. The van der Waals surface area contributed by atoms with Gasteiger partial charge in [-0.05, 0) is 36.1 Å². The molecule has 3 rings (SSSR count). The van der Waals surface area contributed by atoms with Gasteiger partial charge in [0.05, 0.1) is 0 Å². The zero-order chi connectivity index (χ0) is 14.3. The lowest BCUT2D eigenvalue weighted by molar-refractivity contribution is 0.430. The minimum absolute atomic E-state index is 0.414. The van der Waals surface area contributed by atoms with Crippen molar-refractivity contribution < 1.29 is 0 Å². The molecule has 0 radical (unpaired) electrons. The second-order valence-corrected chi connectivity index (χ2v) is 6.88. The fourth-order valence-corrected chi connectivity index (χ4v) is 4.05. The average Bonchev–Trinajstić information content (AvgIpc) is 2.57. The third-order valence-corrected chi connectivity index (χ3v) is 5.30. The third-order valence-electron chi connectivity index (χ3n) is 4.08. The Morgan fingerprint density at radius 3 is 2.38 bits per heavy atom. The van der Waals surface area contributed by atoms with Gasteiger partial charge in [-0.25, -0.2) is 0 Å². The van der Waals surface area contributed by atoms with Crippen LogP contribution in [0, 0.1) is 0 Å². The highest BCUT2D eigenvalue weighted by Gasteiger charge is 2.19. The van der Waals surface area contributed by atoms with Crippen LogP contribution in [0.1, 0.15) is 30.0 Å². The molecule has 2 aromatic carbocycles. The van der Waals surface area contributed by atoms with Crippen molar-refractivity contribution >= 4 is 11.8 Å². The molecule has 0 aromatic heterocycles. The van der Waals surface area contributed by atoms with E-state index in [0.29, 0.717) is 12.1 Å². The monoisotopic (exact) mass is 297 g/mol. The van der Waals surface area contributed by atoms with Gasteiger partial charge in [-0.15, -0.1) is 0 Å². The van der Waals surface area contributed by atoms with Crippen LogP contribution in [0.2, 0.25) is 0 Å². The predicted octanol–water partition coefficient (Wildman–Crippen LogP) is 4.46. The molecule has 0 spiro atoms. The smallest absolute Gasteiger partial charge is 0.0363 e. The van der Waals surface area contributed by atoms with Crippen LogP contribution in [0.4, 0.5) is 0 Å². The second kappa shape index (κ2) is 7.67. The summed E-state index contributed by atoms with van der Waals surface area (Å²) in [6, 6.07) is 22.8. The quantitative estimate of drug-likeness (QED) is 0.874. The van der Waals surface area contributed by atoms with E-state index in [0.717, 1.165) is 6.42 Å². The molecule has 1 saturated heterocycles. The zero-order valence-electron chi connectivity index (χ0n) is 12.4. The van der Waals surface area contributed by atoms with E-state index in [9.17, 15) is 0 Å². The van der Waals surface area contributed by atoms with E-state index in [1.807, 2.05) is 0 Å². The van der Waals surface area contributed by atoms with Crippen molar-refractivity contribution in [3.63, 3.8) is 0 Å². The molecule has 1 fully saturated rings. The van der Waals surface area contributed by atoms with Gasteiger partial charge in [0.25, 0.3) is 0 Å². The summed E-state index contributed by atoms with van der Waals surface area (Å²) in [4.78, 5) is 0. The first-order valence-electron chi connectivity index (χ1n) is 7.84. The Balaban J connectivity index is 1.74. The number of thioether (sulfide) groups is 1. The molecule has 1 N–H and O–H groups in total. The van der Waals surface area contributed by atoms with Gasteiger partial charge in [0.2, 0.25) is 0 Å².